The van der Waals surface area contributed by atoms with Gasteiger partial charge in [0, 0.05) is 32.1 Å². The van der Waals surface area contributed by atoms with Crippen molar-refractivity contribution in [3.8, 4) is 12.3 Å². The Bertz CT molecular complexity index is 184. The van der Waals surface area contributed by atoms with E-state index in [1.807, 2.05) is 19.0 Å². The molecule has 1 nitrogen and oxygen atoms in total. The molecule has 12 heavy (non-hydrogen) atoms. The van der Waals surface area contributed by atoms with Crippen molar-refractivity contribution in [2.45, 2.75) is 20.3 Å². The average molecular weight is 165 g/mol. The summed E-state index contributed by atoms with van der Waals surface area (Å²) in [4.78, 5) is 2.02. The van der Waals surface area contributed by atoms with E-state index >= 15 is 0 Å². The molecule has 0 aliphatic carbocycles. The maximum atomic E-state index is 5.41. The Morgan fingerprint density at radius 2 is 2.00 bits per heavy atom. The van der Waals surface area contributed by atoms with E-state index in [1.54, 1.807) is 0 Å². The third-order valence-corrected chi connectivity index (χ3v) is 2.11. The van der Waals surface area contributed by atoms with Crippen molar-refractivity contribution in [1.29, 1.82) is 0 Å². The van der Waals surface area contributed by atoms with Crippen LogP contribution in [0.5, 0.6) is 0 Å². The number of terminal acetylenes is 1. The van der Waals surface area contributed by atoms with Crippen molar-refractivity contribution < 1.29 is 0 Å². The van der Waals surface area contributed by atoms with Crippen LogP contribution in [-0.2, 0) is 0 Å². The third kappa shape index (κ3) is 3.48. The number of hydrogen-bond acceptors (Lipinski definition) is 1. The maximum Gasteiger partial charge on any atom is 0.0277 e. The molecule has 1 heteroatoms. The highest BCUT2D eigenvalue weighted by atomic mass is 15.1. The van der Waals surface area contributed by atoms with Crippen LogP contribution in [0.15, 0.2) is 12.3 Å². The Labute approximate surface area is 76.5 Å². The molecule has 0 spiro atoms. The summed E-state index contributed by atoms with van der Waals surface area (Å²) in [6, 6.07) is 0. The van der Waals surface area contributed by atoms with Gasteiger partial charge in [0.25, 0.3) is 0 Å². The average Bonchev–Trinajstić information content (AvgIpc) is 1.98. The summed E-state index contributed by atoms with van der Waals surface area (Å²) in [5.74, 6) is 3.65. The Kier molecular flexibility index (Phi) is 4.51. The van der Waals surface area contributed by atoms with Crippen molar-refractivity contribution in [3.05, 3.63) is 12.3 Å². The molecule has 0 radical (unpaired) electrons. The van der Waals surface area contributed by atoms with Crippen molar-refractivity contribution >= 4 is 0 Å². The topological polar surface area (TPSA) is 3.24 Å². The highest BCUT2D eigenvalue weighted by Crippen LogP contribution is 2.18. The molecule has 0 rings (SSSR count). The number of rotatable bonds is 4. The van der Waals surface area contributed by atoms with Crippen LogP contribution in [0.1, 0.15) is 20.3 Å². The number of nitrogens with zero attached hydrogens (tertiary/aromatic N) is 1. The van der Waals surface area contributed by atoms with Crippen molar-refractivity contribution in [1.82, 2.24) is 4.90 Å². The standard InChI is InChI=1S/C11H19N/c1-7-11(9(2)3)8-10(4)12(5)6/h1,9,11H,4,8H2,2-3,5-6H3. The molecule has 0 amide bonds. The van der Waals surface area contributed by atoms with Gasteiger partial charge in [-0.25, -0.2) is 0 Å². The van der Waals surface area contributed by atoms with E-state index in [9.17, 15) is 0 Å². The fourth-order valence-electron chi connectivity index (χ4n) is 0.924. The molecule has 0 fully saturated rings. The third-order valence-electron chi connectivity index (χ3n) is 2.11. The van der Waals surface area contributed by atoms with Gasteiger partial charge >= 0.3 is 0 Å². The predicted molar refractivity (Wildman–Crippen MR) is 54.6 cm³/mol. The van der Waals surface area contributed by atoms with E-state index < -0.39 is 0 Å². The second-order valence-electron chi connectivity index (χ2n) is 3.68. The molecule has 0 aromatic carbocycles. The lowest BCUT2D eigenvalue weighted by molar-refractivity contribution is 0.411. The van der Waals surface area contributed by atoms with Crippen LogP contribution < -0.4 is 0 Å². The minimum Gasteiger partial charge on any atom is -0.381 e. The van der Waals surface area contributed by atoms with Crippen LogP contribution in [0.2, 0.25) is 0 Å². The molecule has 0 heterocycles. The van der Waals surface area contributed by atoms with E-state index in [0.29, 0.717) is 11.8 Å². The Morgan fingerprint density at radius 1 is 1.50 bits per heavy atom. The van der Waals surface area contributed by atoms with Crippen LogP contribution in [0.4, 0.5) is 0 Å². The summed E-state index contributed by atoms with van der Waals surface area (Å²) in [7, 11) is 3.99. The van der Waals surface area contributed by atoms with E-state index in [1.165, 1.54) is 0 Å². The van der Waals surface area contributed by atoms with Gasteiger partial charge in [-0.1, -0.05) is 20.4 Å². The summed E-state index contributed by atoms with van der Waals surface area (Å²) in [5.41, 5.74) is 1.10. The van der Waals surface area contributed by atoms with Gasteiger partial charge < -0.3 is 4.90 Å². The SMILES string of the molecule is C#CC(CC(=C)N(C)C)C(C)C. The molecular weight excluding hydrogens is 146 g/mol. The Balaban J connectivity index is 4.06. The molecular formula is C11H19N. The van der Waals surface area contributed by atoms with Gasteiger partial charge in [-0.2, -0.15) is 0 Å². The summed E-state index contributed by atoms with van der Waals surface area (Å²) in [6.07, 6.45) is 6.32. The second-order valence-corrected chi connectivity index (χ2v) is 3.68. The van der Waals surface area contributed by atoms with Gasteiger partial charge in [-0.15, -0.1) is 12.3 Å². The number of allylic oxidation sites excluding steroid dienone is 1. The Morgan fingerprint density at radius 3 is 2.25 bits per heavy atom. The first-order valence-electron chi connectivity index (χ1n) is 4.30. The fourth-order valence-corrected chi connectivity index (χ4v) is 0.924. The predicted octanol–water partition coefficient (Wildman–Crippen LogP) is 2.36. The van der Waals surface area contributed by atoms with E-state index in [2.05, 4.69) is 26.3 Å². The minimum atomic E-state index is 0.319. The van der Waals surface area contributed by atoms with Crippen LogP contribution in [0.25, 0.3) is 0 Å². The van der Waals surface area contributed by atoms with Crippen molar-refractivity contribution in [2.24, 2.45) is 11.8 Å². The maximum absolute atomic E-state index is 5.41. The molecule has 0 saturated carbocycles. The van der Waals surface area contributed by atoms with Gasteiger partial charge in [0.15, 0.2) is 0 Å². The molecule has 0 aliphatic rings. The van der Waals surface area contributed by atoms with Crippen LogP contribution in [0, 0.1) is 24.2 Å². The zero-order valence-corrected chi connectivity index (χ0v) is 8.59. The van der Waals surface area contributed by atoms with Crippen molar-refractivity contribution in [2.75, 3.05) is 14.1 Å². The quantitative estimate of drug-likeness (QED) is 0.578. The zero-order valence-electron chi connectivity index (χ0n) is 8.59. The van der Waals surface area contributed by atoms with E-state index in [0.717, 1.165) is 12.1 Å². The molecule has 0 aliphatic heterocycles. The summed E-state index contributed by atoms with van der Waals surface area (Å²) in [5, 5.41) is 0. The lowest BCUT2D eigenvalue weighted by Gasteiger charge is -2.21. The smallest absolute Gasteiger partial charge is 0.0277 e. The van der Waals surface area contributed by atoms with E-state index in [4.69, 9.17) is 6.42 Å². The highest BCUT2D eigenvalue weighted by molar-refractivity contribution is 5.03. The fraction of sp³-hybridized carbons (Fsp3) is 0.636. The molecule has 68 valence electrons. The molecule has 1 unspecified atom stereocenters. The lowest BCUT2D eigenvalue weighted by Crippen LogP contribution is -2.15. The first-order chi connectivity index (χ1) is 5.49. The lowest BCUT2D eigenvalue weighted by atomic mass is 9.92. The monoisotopic (exact) mass is 165 g/mol. The van der Waals surface area contributed by atoms with Gasteiger partial charge in [0.1, 0.15) is 0 Å². The molecule has 0 bridgehead atoms. The zero-order chi connectivity index (χ0) is 9.72. The number of hydrogen-bond donors (Lipinski definition) is 0. The molecule has 0 aromatic heterocycles. The summed E-state index contributed by atoms with van der Waals surface area (Å²) >= 11 is 0. The van der Waals surface area contributed by atoms with Gasteiger partial charge in [-0.3, -0.25) is 0 Å². The molecule has 0 aromatic rings. The van der Waals surface area contributed by atoms with Gasteiger partial charge in [-0.05, 0) is 5.92 Å². The van der Waals surface area contributed by atoms with Crippen LogP contribution >= 0.6 is 0 Å². The molecule has 1 atom stereocenters. The summed E-state index contributed by atoms with van der Waals surface area (Å²) < 4.78 is 0. The van der Waals surface area contributed by atoms with Crippen molar-refractivity contribution in [3.63, 3.8) is 0 Å². The van der Waals surface area contributed by atoms with E-state index in [-0.39, 0.29) is 0 Å². The summed E-state index contributed by atoms with van der Waals surface area (Å²) in [6.45, 7) is 8.25. The van der Waals surface area contributed by atoms with Crippen LogP contribution in [0.3, 0.4) is 0 Å². The first-order valence-corrected chi connectivity index (χ1v) is 4.30. The minimum absolute atomic E-state index is 0.319. The van der Waals surface area contributed by atoms with Gasteiger partial charge in [0.2, 0.25) is 0 Å². The second kappa shape index (κ2) is 4.87. The largest absolute Gasteiger partial charge is 0.381 e. The normalized spacial score (nSPS) is 12.3. The molecule has 0 N–H and O–H groups in total. The first kappa shape index (κ1) is 11.1. The molecule has 0 saturated heterocycles. The Hall–Kier alpha value is -0.900. The highest BCUT2D eigenvalue weighted by Gasteiger charge is 2.11. The van der Waals surface area contributed by atoms with Crippen LogP contribution in [-0.4, -0.2) is 19.0 Å². The van der Waals surface area contributed by atoms with Gasteiger partial charge in [0.05, 0.1) is 0 Å².